The molecule has 5 heteroatoms. The lowest BCUT2D eigenvalue weighted by molar-refractivity contribution is -0.118. The Kier molecular flexibility index (Phi) is 5.11. The summed E-state index contributed by atoms with van der Waals surface area (Å²) in [6.45, 7) is 1.76. The fraction of sp³-hybridized carbons (Fsp3) is 0.125. The summed E-state index contributed by atoms with van der Waals surface area (Å²) < 4.78 is 6.17. The van der Waals surface area contributed by atoms with E-state index in [1.807, 2.05) is 31.2 Å². The molecule has 0 atom stereocenters. The smallest absolute Gasteiger partial charge is 0.262 e. The average molecular weight is 348 g/mol. The monoisotopic (exact) mass is 347 g/mol. The number of hydrogen-bond acceptors (Lipinski definition) is 3. The van der Waals surface area contributed by atoms with E-state index in [0.29, 0.717) is 17.6 Å². The molecule has 0 saturated carbocycles. The second-order valence-electron chi connectivity index (χ2n) is 4.45. The molecule has 0 aromatic heterocycles. The molecule has 0 fully saturated rings. The quantitative estimate of drug-likeness (QED) is 0.841. The van der Waals surface area contributed by atoms with Gasteiger partial charge in [0.2, 0.25) is 0 Å². The van der Waals surface area contributed by atoms with Crippen LogP contribution in [0.3, 0.4) is 0 Å². The van der Waals surface area contributed by atoms with Gasteiger partial charge in [0.1, 0.15) is 5.75 Å². The number of para-hydroxylation sites is 1. The second kappa shape index (κ2) is 7.04. The number of hydrogen-bond donors (Lipinski definition) is 1. The molecule has 0 unspecified atom stereocenters. The molecule has 4 nitrogen and oxygen atoms in total. The minimum absolute atomic E-state index is 0.156. The Bertz CT molecular complexity index is 670. The summed E-state index contributed by atoms with van der Waals surface area (Å²) in [4.78, 5) is 22.8. The van der Waals surface area contributed by atoms with E-state index < -0.39 is 0 Å². The summed E-state index contributed by atoms with van der Waals surface area (Å²) >= 11 is 3.28. The van der Waals surface area contributed by atoms with E-state index in [0.717, 1.165) is 15.7 Å². The first-order valence-electron chi connectivity index (χ1n) is 6.33. The summed E-state index contributed by atoms with van der Waals surface area (Å²) in [5.41, 5.74) is 2.12. The summed E-state index contributed by atoms with van der Waals surface area (Å²) in [6.07, 6.45) is 0.694. The van der Waals surface area contributed by atoms with Gasteiger partial charge < -0.3 is 10.1 Å². The van der Waals surface area contributed by atoms with Crippen molar-refractivity contribution in [3.05, 3.63) is 58.1 Å². The van der Waals surface area contributed by atoms with Crippen LogP contribution in [0.4, 0.5) is 5.69 Å². The van der Waals surface area contributed by atoms with Crippen LogP contribution in [-0.4, -0.2) is 18.8 Å². The van der Waals surface area contributed by atoms with Crippen molar-refractivity contribution in [2.45, 2.75) is 6.92 Å². The van der Waals surface area contributed by atoms with Crippen LogP contribution >= 0.6 is 15.9 Å². The highest BCUT2D eigenvalue weighted by atomic mass is 79.9. The molecular weight excluding hydrogens is 334 g/mol. The third-order valence-corrected chi connectivity index (χ3v) is 3.37. The number of carbonyl (C=O) groups is 2. The number of anilines is 1. The number of amides is 1. The number of aryl methyl sites for hydroxylation is 1. The van der Waals surface area contributed by atoms with Gasteiger partial charge in [-0.2, -0.15) is 0 Å². The minimum atomic E-state index is -0.274. The van der Waals surface area contributed by atoms with Crippen LogP contribution in [-0.2, 0) is 4.79 Å². The van der Waals surface area contributed by atoms with E-state index in [9.17, 15) is 9.59 Å². The molecule has 0 aliphatic rings. The number of aldehydes is 1. The molecule has 2 aromatic rings. The Balaban J connectivity index is 1.99. The normalized spacial score (nSPS) is 10.0. The number of rotatable bonds is 5. The first-order chi connectivity index (χ1) is 10.1. The largest absolute Gasteiger partial charge is 0.483 e. The van der Waals surface area contributed by atoms with E-state index in [4.69, 9.17) is 4.74 Å². The maximum atomic E-state index is 11.9. The molecule has 0 spiro atoms. The maximum absolute atomic E-state index is 11.9. The molecule has 0 aliphatic heterocycles. The van der Waals surface area contributed by atoms with Crippen LogP contribution in [0.15, 0.2) is 46.9 Å². The fourth-order valence-electron chi connectivity index (χ4n) is 1.79. The van der Waals surface area contributed by atoms with Gasteiger partial charge in [-0.15, -0.1) is 0 Å². The Morgan fingerprint density at radius 2 is 2.05 bits per heavy atom. The number of halogens is 1. The topological polar surface area (TPSA) is 55.4 Å². The molecule has 0 heterocycles. The predicted octanol–water partition coefficient (Wildman–Crippen LogP) is 3.59. The number of ether oxygens (including phenoxy) is 1. The van der Waals surface area contributed by atoms with E-state index in [2.05, 4.69) is 21.2 Å². The van der Waals surface area contributed by atoms with Gasteiger partial charge in [-0.3, -0.25) is 9.59 Å². The van der Waals surface area contributed by atoms with Crippen LogP contribution in [0, 0.1) is 6.92 Å². The lowest BCUT2D eigenvalue weighted by Crippen LogP contribution is -2.21. The number of carbonyl (C=O) groups excluding carboxylic acids is 2. The van der Waals surface area contributed by atoms with Crippen molar-refractivity contribution < 1.29 is 14.3 Å². The van der Waals surface area contributed by atoms with Crippen LogP contribution < -0.4 is 10.1 Å². The zero-order chi connectivity index (χ0) is 15.2. The van der Waals surface area contributed by atoms with Crippen molar-refractivity contribution in [2.24, 2.45) is 0 Å². The molecule has 21 heavy (non-hydrogen) atoms. The van der Waals surface area contributed by atoms with Gasteiger partial charge in [-0.05, 0) is 36.8 Å². The third-order valence-electron chi connectivity index (χ3n) is 2.88. The maximum Gasteiger partial charge on any atom is 0.262 e. The highest BCUT2D eigenvalue weighted by Crippen LogP contribution is 2.21. The zero-order valence-corrected chi connectivity index (χ0v) is 13.0. The highest BCUT2D eigenvalue weighted by molar-refractivity contribution is 9.10. The Labute approximate surface area is 131 Å². The molecule has 0 bridgehead atoms. The van der Waals surface area contributed by atoms with Gasteiger partial charge >= 0.3 is 0 Å². The van der Waals surface area contributed by atoms with E-state index in [1.165, 1.54) is 0 Å². The van der Waals surface area contributed by atoms with Crippen molar-refractivity contribution in [1.29, 1.82) is 0 Å². The third kappa shape index (κ3) is 4.16. The highest BCUT2D eigenvalue weighted by Gasteiger charge is 2.08. The standard InChI is InChI=1S/C16H14BrNO3/c1-11-4-2-3-5-14(11)18-16(20)10-21-15-7-6-13(17)8-12(15)9-19/h2-9H,10H2,1H3,(H,18,20). The SMILES string of the molecule is Cc1ccccc1NC(=O)COc1ccc(Br)cc1C=O. The van der Waals surface area contributed by atoms with Crippen molar-refractivity contribution in [3.63, 3.8) is 0 Å². The predicted molar refractivity (Wildman–Crippen MR) is 84.8 cm³/mol. The lowest BCUT2D eigenvalue weighted by atomic mass is 10.2. The molecule has 108 valence electrons. The number of nitrogens with one attached hydrogen (secondary N) is 1. The minimum Gasteiger partial charge on any atom is -0.483 e. The van der Waals surface area contributed by atoms with E-state index in [1.54, 1.807) is 18.2 Å². The average Bonchev–Trinajstić information content (AvgIpc) is 2.48. The van der Waals surface area contributed by atoms with Gasteiger partial charge in [0.15, 0.2) is 12.9 Å². The summed E-state index contributed by atoms with van der Waals surface area (Å²) in [5.74, 6) is 0.109. The first-order valence-corrected chi connectivity index (χ1v) is 7.12. The lowest BCUT2D eigenvalue weighted by Gasteiger charge is -2.10. The Morgan fingerprint density at radius 1 is 1.29 bits per heavy atom. The Morgan fingerprint density at radius 3 is 2.76 bits per heavy atom. The molecule has 2 aromatic carbocycles. The molecule has 1 amide bonds. The van der Waals surface area contributed by atoms with Crippen LogP contribution in [0.2, 0.25) is 0 Å². The van der Waals surface area contributed by atoms with Crippen LogP contribution in [0.25, 0.3) is 0 Å². The molecular formula is C16H14BrNO3. The molecule has 0 aliphatic carbocycles. The van der Waals surface area contributed by atoms with E-state index in [-0.39, 0.29) is 12.5 Å². The van der Waals surface area contributed by atoms with Crippen molar-refractivity contribution in [2.75, 3.05) is 11.9 Å². The number of benzene rings is 2. The van der Waals surface area contributed by atoms with Gasteiger partial charge in [0.05, 0.1) is 5.56 Å². The summed E-state index contributed by atoms with van der Waals surface area (Å²) in [7, 11) is 0. The van der Waals surface area contributed by atoms with Crippen molar-refractivity contribution in [1.82, 2.24) is 0 Å². The fourth-order valence-corrected chi connectivity index (χ4v) is 2.16. The second-order valence-corrected chi connectivity index (χ2v) is 5.37. The van der Waals surface area contributed by atoms with Gasteiger partial charge in [-0.1, -0.05) is 34.1 Å². The first kappa shape index (κ1) is 15.3. The van der Waals surface area contributed by atoms with E-state index >= 15 is 0 Å². The van der Waals surface area contributed by atoms with Crippen molar-refractivity contribution in [3.8, 4) is 5.75 Å². The Hall–Kier alpha value is -2.14. The summed E-state index contributed by atoms with van der Waals surface area (Å²) in [6, 6.07) is 12.5. The molecule has 2 rings (SSSR count). The molecule has 0 saturated heterocycles. The zero-order valence-electron chi connectivity index (χ0n) is 11.4. The van der Waals surface area contributed by atoms with Gasteiger partial charge in [0.25, 0.3) is 5.91 Å². The molecule has 1 N–H and O–H groups in total. The van der Waals surface area contributed by atoms with Crippen molar-refractivity contribution >= 4 is 33.8 Å². The van der Waals surface area contributed by atoms with Crippen LogP contribution in [0.1, 0.15) is 15.9 Å². The van der Waals surface area contributed by atoms with Gasteiger partial charge in [-0.25, -0.2) is 0 Å². The molecule has 0 radical (unpaired) electrons. The summed E-state index contributed by atoms with van der Waals surface area (Å²) in [5, 5.41) is 2.77. The van der Waals surface area contributed by atoms with Crippen LogP contribution in [0.5, 0.6) is 5.75 Å². The van der Waals surface area contributed by atoms with Gasteiger partial charge in [0, 0.05) is 10.2 Å².